The van der Waals surface area contributed by atoms with Crippen LogP contribution in [0, 0.1) is 0 Å². The molecular formula is C26H25ClN4O6. The number of anilines is 1. The van der Waals surface area contributed by atoms with Crippen molar-refractivity contribution < 1.29 is 29.4 Å². The summed E-state index contributed by atoms with van der Waals surface area (Å²) in [6.45, 7) is -0.255. The van der Waals surface area contributed by atoms with Crippen molar-refractivity contribution >= 4 is 41.0 Å². The molecule has 0 unspecified atom stereocenters. The van der Waals surface area contributed by atoms with E-state index in [9.17, 15) is 29.4 Å². The molecule has 0 saturated carbocycles. The third-order valence-electron chi connectivity index (χ3n) is 5.17. The van der Waals surface area contributed by atoms with Crippen LogP contribution in [0.15, 0.2) is 72.8 Å². The van der Waals surface area contributed by atoms with Crippen molar-refractivity contribution in [1.29, 1.82) is 0 Å². The summed E-state index contributed by atoms with van der Waals surface area (Å²) in [5.74, 6) is -2.95. The molecule has 0 saturated heterocycles. The number of halogens is 1. The van der Waals surface area contributed by atoms with Gasteiger partial charge in [-0.2, -0.15) is 0 Å². The Morgan fingerprint density at radius 3 is 2.30 bits per heavy atom. The molecule has 3 amide bonds. The van der Waals surface area contributed by atoms with Crippen LogP contribution in [0.1, 0.15) is 26.3 Å². The fourth-order valence-electron chi connectivity index (χ4n) is 3.24. The number of hydrogen-bond acceptors (Lipinski definition) is 6. The number of rotatable bonds is 11. The average Bonchev–Trinajstić information content (AvgIpc) is 2.88. The lowest BCUT2D eigenvalue weighted by Gasteiger charge is -2.16. The molecule has 0 bridgehead atoms. The maximum Gasteiger partial charge on any atom is 0.328 e. The quantitative estimate of drug-likeness (QED) is 0.225. The highest BCUT2D eigenvalue weighted by Crippen LogP contribution is 2.19. The van der Waals surface area contributed by atoms with Crippen LogP contribution >= 0.6 is 11.6 Å². The molecule has 0 aliphatic carbocycles. The predicted octanol–water partition coefficient (Wildman–Crippen LogP) is 2.39. The Kier molecular flexibility index (Phi) is 9.45. The van der Waals surface area contributed by atoms with Gasteiger partial charge in [0.1, 0.15) is 11.8 Å². The standard InChI is InChI=1S/C26H25ClN4O6/c27-21-12-17(24(34)30-13-16-5-4-8-19(32)11-16)9-10-20(21)25(35)31-22(26(36)37)14-29-23(33)15-28-18-6-2-1-3-7-18/h1-12,22,28,32H,13-15H2,(H,29,33)(H,30,34)(H,31,35)(H,36,37)/t22-/m0/s1. The summed E-state index contributed by atoms with van der Waals surface area (Å²) in [5.41, 5.74) is 1.58. The molecule has 3 rings (SSSR count). The summed E-state index contributed by atoms with van der Waals surface area (Å²) >= 11 is 6.20. The number of hydrogen-bond donors (Lipinski definition) is 6. The first-order valence-electron chi connectivity index (χ1n) is 11.2. The lowest BCUT2D eigenvalue weighted by molar-refractivity contribution is -0.139. The van der Waals surface area contributed by atoms with Crippen molar-refractivity contribution in [3.05, 3.63) is 94.5 Å². The molecule has 6 N–H and O–H groups in total. The van der Waals surface area contributed by atoms with E-state index >= 15 is 0 Å². The molecular weight excluding hydrogens is 500 g/mol. The van der Waals surface area contributed by atoms with Gasteiger partial charge in [-0.25, -0.2) is 4.79 Å². The van der Waals surface area contributed by atoms with Crippen molar-refractivity contribution in [2.75, 3.05) is 18.4 Å². The van der Waals surface area contributed by atoms with Crippen molar-refractivity contribution in [2.45, 2.75) is 12.6 Å². The molecule has 0 aliphatic heterocycles. The van der Waals surface area contributed by atoms with Gasteiger partial charge in [-0.1, -0.05) is 41.9 Å². The molecule has 0 aliphatic rings. The molecule has 3 aromatic carbocycles. The fraction of sp³-hybridized carbons (Fsp3) is 0.154. The Bertz CT molecular complexity index is 1290. The van der Waals surface area contributed by atoms with Crippen molar-refractivity contribution in [2.24, 2.45) is 0 Å². The van der Waals surface area contributed by atoms with E-state index in [0.29, 0.717) is 5.56 Å². The maximum atomic E-state index is 12.7. The van der Waals surface area contributed by atoms with Crippen LogP contribution in [0.4, 0.5) is 5.69 Å². The molecule has 37 heavy (non-hydrogen) atoms. The number of carboxylic acid groups (broad SMARTS) is 1. The lowest BCUT2D eigenvalue weighted by Crippen LogP contribution is -2.49. The highest BCUT2D eigenvalue weighted by molar-refractivity contribution is 6.34. The van der Waals surface area contributed by atoms with E-state index < -0.39 is 29.7 Å². The number of phenols is 1. The number of phenolic OH excluding ortho intramolecular Hbond substituents is 1. The van der Waals surface area contributed by atoms with E-state index in [1.807, 2.05) is 6.07 Å². The number of benzene rings is 3. The van der Waals surface area contributed by atoms with Gasteiger partial charge in [0.15, 0.2) is 0 Å². The second-order valence-electron chi connectivity index (χ2n) is 7.94. The summed E-state index contributed by atoms with van der Waals surface area (Å²) < 4.78 is 0. The first-order chi connectivity index (χ1) is 17.7. The van der Waals surface area contributed by atoms with Gasteiger partial charge in [-0.05, 0) is 48.0 Å². The van der Waals surface area contributed by atoms with Crippen LogP contribution < -0.4 is 21.3 Å². The minimum atomic E-state index is -1.41. The second-order valence-corrected chi connectivity index (χ2v) is 8.34. The van der Waals surface area contributed by atoms with Gasteiger partial charge < -0.3 is 31.5 Å². The summed E-state index contributed by atoms with van der Waals surface area (Å²) in [6, 6.07) is 18.0. The van der Waals surface area contributed by atoms with Crippen molar-refractivity contribution in [3.63, 3.8) is 0 Å². The minimum absolute atomic E-state index is 0.0329. The number of carbonyl (C=O) groups excluding carboxylic acids is 3. The Labute approximate surface area is 217 Å². The zero-order valence-electron chi connectivity index (χ0n) is 19.5. The van der Waals surface area contributed by atoms with Crippen LogP contribution in [0.3, 0.4) is 0 Å². The molecule has 11 heteroatoms. The molecule has 3 aromatic rings. The predicted molar refractivity (Wildman–Crippen MR) is 138 cm³/mol. The highest BCUT2D eigenvalue weighted by atomic mass is 35.5. The topological polar surface area (TPSA) is 157 Å². The van der Waals surface area contributed by atoms with Gasteiger partial charge in [0, 0.05) is 24.3 Å². The number of amides is 3. The summed E-state index contributed by atoms with van der Waals surface area (Å²) in [7, 11) is 0. The highest BCUT2D eigenvalue weighted by Gasteiger charge is 2.23. The zero-order chi connectivity index (χ0) is 26.8. The summed E-state index contributed by atoms with van der Waals surface area (Å²) in [6.07, 6.45) is 0. The third-order valence-corrected chi connectivity index (χ3v) is 5.49. The van der Waals surface area contributed by atoms with Crippen LogP contribution in [-0.2, 0) is 16.1 Å². The second kappa shape index (κ2) is 12.9. The molecule has 192 valence electrons. The van der Waals surface area contributed by atoms with Gasteiger partial charge in [-0.15, -0.1) is 0 Å². The molecule has 0 fully saturated rings. The van der Waals surface area contributed by atoms with E-state index in [4.69, 9.17) is 11.6 Å². The van der Waals surface area contributed by atoms with E-state index in [2.05, 4.69) is 21.3 Å². The van der Waals surface area contributed by atoms with Crippen molar-refractivity contribution in [1.82, 2.24) is 16.0 Å². The Balaban J connectivity index is 1.54. The smallest absolute Gasteiger partial charge is 0.328 e. The van der Waals surface area contributed by atoms with Crippen LogP contribution in [0.5, 0.6) is 5.75 Å². The first-order valence-corrected chi connectivity index (χ1v) is 11.6. The molecule has 0 heterocycles. The number of carbonyl (C=O) groups is 4. The number of aliphatic carboxylic acids is 1. The van der Waals surface area contributed by atoms with Crippen LogP contribution in [0.25, 0.3) is 0 Å². The Morgan fingerprint density at radius 2 is 1.62 bits per heavy atom. The summed E-state index contributed by atoms with van der Waals surface area (Å²) in [5, 5.41) is 29.3. The van der Waals surface area contributed by atoms with E-state index in [1.165, 1.54) is 30.3 Å². The largest absolute Gasteiger partial charge is 0.508 e. The van der Waals surface area contributed by atoms with Crippen LogP contribution in [0.2, 0.25) is 5.02 Å². The number of nitrogens with one attached hydrogen (secondary N) is 4. The van der Waals surface area contributed by atoms with E-state index in [0.717, 1.165) is 5.69 Å². The van der Waals surface area contributed by atoms with Crippen molar-refractivity contribution in [3.8, 4) is 5.75 Å². The minimum Gasteiger partial charge on any atom is -0.508 e. The lowest BCUT2D eigenvalue weighted by atomic mass is 10.1. The molecule has 0 radical (unpaired) electrons. The Morgan fingerprint density at radius 1 is 0.865 bits per heavy atom. The number of aromatic hydroxyl groups is 1. The zero-order valence-corrected chi connectivity index (χ0v) is 20.3. The van der Waals surface area contributed by atoms with E-state index in [1.54, 1.807) is 36.4 Å². The van der Waals surface area contributed by atoms with Gasteiger partial charge in [0.2, 0.25) is 5.91 Å². The monoisotopic (exact) mass is 524 g/mol. The number of para-hydroxylation sites is 1. The molecule has 0 aromatic heterocycles. The average molecular weight is 525 g/mol. The van der Waals surface area contributed by atoms with E-state index in [-0.39, 0.29) is 41.5 Å². The van der Waals surface area contributed by atoms with Gasteiger partial charge >= 0.3 is 5.97 Å². The SMILES string of the molecule is O=C(CNc1ccccc1)NC[C@H](NC(=O)c1ccc(C(=O)NCc2cccc(O)c2)cc1Cl)C(=O)O. The third kappa shape index (κ3) is 8.25. The van der Waals surface area contributed by atoms with Gasteiger partial charge in [0.05, 0.1) is 17.1 Å². The molecule has 10 nitrogen and oxygen atoms in total. The number of carboxylic acids is 1. The maximum absolute atomic E-state index is 12.7. The Hall–Kier alpha value is -4.57. The molecule has 1 atom stereocenters. The van der Waals surface area contributed by atoms with Crippen LogP contribution in [-0.4, -0.2) is 53.0 Å². The van der Waals surface area contributed by atoms with Gasteiger partial charge in [-0.3, -0.25) is 14.4 Å². The summed E-state index contributed by atoms with van der Waals surface area (Å²) in [4.78, 5) is 48.8. The van der Waals surface area contributed by atoms with Gasteiger partial charge in [0.25, 0.3) is 11.8 Å². The first kappa shape index (κ1) is 27.0. The molecule has 0 spiro atoms. The normalized spacial score (nSPS) is 11.2. The fourth-order valence-corrected chi connectivity index (χ4v) is 3.51.